The molecule has 20 heavy (non-hydrogen) atoms. The predicted molar refractivity (Wildman–Crippen MR) is 77.0 cm³/mol. The van der Waals surface area contributed by atoms with Gasteiger partial charge in [0.05, 0.1) is 11.2 Å². The maximum absolute atomic E-state index is 10.7. The number of hydrogen-bond acceptors (Lipinski definition) is 4. The number of carboxylic acids is 1. The Balaban J connectivity index is 1.74. The van der Waals surface area contributed by atoms with E-state index in [-0.39, 0.29) is 5.76 Å². The van der Waals surface area contributed by atoms with Gasteiger partial charge in [-0.15, -0.1) is 0 Å². The number of thioether (sulfide) groups is 1. The number of fused-ring (bicyclic) bond motifs is 1. The summed E-state index contributed by atoms with van der Waals surface area (Å²) in [5.41, 5.74) is 1.89. The molecule has 0 bridgehead atoms. The first-order valence-corrected chi connectivity index (χ1v) is 7.01. The molecule has 100 valence electrons. The maximum Gasteiger partial charge on any atom is 0.371 e. The summed E-state index contributed by atoms with van der Waals surface area (Å²) >= 11 is 1.43. The second kappa shape index (κ2) is 5.38. The fraction of sp³-hybridized carbons (Fsp3) is 0.0667. The lowest BCUT2D eigenvalue weighted by Crippen LogP contribution is -1.91. The van der Waals surface area contributed by atoms with E-state index in [2.05, 4.69) is 4.98 Å². The fourth-order valence-corrected chi connectivity index (χ4v) is 2.61. The maximum atomic E-state index is 10.7. The summed E-state index contributed by atoms with van der Waals surface area (Å²) in [4.78, 5) is 15.3. The summed E-state index contributed by atoms with van der Waals surface area (Å²) in [5, 5.41) is 10.5. The zero-order valence-corrected chi connectivity index (χ0v) is 11.3. The van der Waals surface area contributed by atoms with Gasteiger partial charge >= 0.3 is 5.97 Å². The van der Waals surface area contributed by atoms with E-state index < -0.39 is 5.97 Å². The molecular weight excluding hydrogens is 274 g/mol. The largest absolute Gasteiger partial charge is 0.475 e. The zero-order valence-electron chi connectivity index (χ0n) is 10.4. The monoisotopic (exact) mass is 285 g/mol. The normalized spacial score (nSPS) is 10.8. The van der Waals surface area contributed by atoms with Crippen molar-refractivity contribution in [3.63, 3.8) is 0 Å². The van der Waals surface area contributed by atoms with Crippen molar-refractivity contribution in [2.45, 2.75) is 10.8 Å². The Morgan fingerprint density at radius 1 is 1.15 bits per heavy atom. The quantitative estimate of drug-likeness (QED) is 0.738. The highest BCUT2D eigenvalue weighted by molar-refractivity contribution is 7.98. The molecule has 1 aromatic carbocycles. The Hall–Kier alpha value is -2.27. The van der Waals surface area contributed by atoms with Crippen molar-refractivity contribution >= 4 is 28.6 Å². The standard InChI is InChI=1S/C15H11NO3S/c17-15(18)13-7-8-14(19-13)20-9-11-6-5-10-3-1-2-4-12(10)16-11/h1-8H,9H2,(H,17,18). The van der Waals surface area contributed by atoms with Gasteiger partial charge in [-0.1, -0.05) is 36.0 Å². The minimum absolute atomic E-state index is 0.0426. The summed E-state index contributed by atoms with van der Waals surface area (Å²) in [6, 6.07) is 15.0. The van der Waals surface area contributed by atoms with Crippen LogP contribution >= 0.6 is 11.8 Å². The van der Waals surface area contributed by atoms with Gasteiger partial charge in [0.25, 0.3) is 0 Å². The average Bonchev–Trinajstić information content (AvgIpc) is 2.94. The number of rotatable bonds is 4. The Labute approximate surface area is 119 Å². The molecule has 0 radical (unpaired) electrons. The van der Waals surface area contributed by atoms with E-state index in [0.29, 0.717) is 10.8 Å². The summed E-state index contributed by atoms with van der Waals surface area (Å²) in [6.45, 7) is 0. The molecule has 3 rings (SSSR count). The Morgan fingerprint density at radius 2 is 2.00 bits per heavy atom. The van der Waals surface area contributed by atoms with Crippen LogP contribution in [0.5, 0.6) is 0 Å². The number of hydrogen-bond donors (Lipinski definition) is 1. The second-order valence-corrected chi connectivity index (χ2v) is 5.19. The van der Waals surface area contributed by atoms with Crippen molar-refractivity contribution in [3.8, 4) is 0 Å². The van der Waals surface area contributed by atoms with Gasteiger partial charge < -0.3 is 9.52 Å². The topological polar surface area (TPSA) is 63.3 Å². The molecule has 0 unspecified atom stereocenters. The first kappa shape index (κ1) is 12.7. The molecule has 0 spiro atoms. The van der Waals surface area contributed by atoms with E-state index in [0.717, 1.165) is 16.6 Å². The van der Waals surface area contributed by atoms with Crippen LogP contribution in [-0.2, 0) is 5.75 Å². The number of pyridine rings is 1. The molecule has 1 N–H and O–H groups in total. The lowest BCUT2D eigenvalue weighted by atomic mass is 10.2. The van der Waals surface area contributed by atoms with Crippen LogP contribution < -0.4 is 0 Å². The molecule has 0 fully saturated rings. The number of carboxylic acid groups (broad SMARTS) is 1. The highest BCUT2D eigenvalue weighted by Crippen LogP contribution is 2.25. The number of para-hydroxylation sites is 1. The summed E-state index contributed by atoms with van der Waals surface area (Å²) < 4.78 is 5.19. The van der Waals surface area contributed by atoms with E-state index in [1.165, 1.54) is 17.8 Å². The van der Waals surface area contributed by atoms with E-state index in [9.17, 15) is 4.79 Å². The van der Waals surface area contributed by atoms with Gasteiger partial charge in [-0.25, -0.2) is 4.79 Å². The molecule has 5 heteroatoms. The number of nitrogens with zero attached hydrogens (tertiary/aromatic N) is 1. The summed E-state index contributed by atoms with van der Waals surface area (Å²) in [5.74, 6) is -0.461. The predicted octanol–water partition coefficient (Wildman–Crippen LogP) is 3.82. The molecule has 3 aromatic rings. The van der Waals surface area contributed by atoms with Crippen LogP contribution in [0.4, 0.5) is 0 Å². The van der Waals surface area contributed by atoms with Crippen LogP contribution in [0.15, 0.2) is 58.0 Å². The second-order valence-electron chi connectivity index (χ2n) is 4.21. The molecule has 0 aliphatic carbocycles. The number of aromatic nitrogens is 1. The summed E-state index contributed by atoms with van der Waals surface area (Å²) in [6.07, 6.45) is 0. The minimum atomic E-state index is -1.05. The van der Waals surface area contributed by atoms with Crippen LogP contribution in [0.3, 0.4) is 0 Å². The third-order valence-corrected chi connectivity index (χ3v) is 3.75. The van der Waals surface area contributed by atoms with Gasteiger partial charge in [0, 0.05) is 11.1 Å². The molecule has 0 saturated carbocycles. The van der Waals surface area contributed by atoms with Crippen LogP contribution in [0, 0.1) is 0 Å². The average molecular weight is 285 g/mol. The third kappa shape index (κ3) is 2.67. The van der Waals surface area contributed by atoms with Gasteiger partial charge in [-0.3, -0.25) is 4.98 Å². The Kier molecular flexibility index (Phi) is 3.43. The zero-order chi connectivity index (χ0) is 13.9. The molecular formula is C15H11NO3S. The summed E-state index contributed by atoms with van der Waals surface area (Å²) in [7, 11) is 0. The van der Waals surface area contributed by atoms with Crippen LogP contribution in [0.2, 0.25) is 0 Å². The lowest BCUT2D eigenvalue weighted by Gasteiger charge is -2.01. The number of benzene rings is 1. The molecule has 4 nitrogen and oxygen atoms in total. The van der Waals surface area contributed by atoms with E-state index in [1.54, 1.807) is 6.07 Å². The Bertz CT molecular complexity index is 766. The fourth-order valence-electron chi connectivity index (χ4n) is 1.85. The van der Waals surface area contributed by atoms with Gasteiger partial charge in [0.15, 0.2) is 5.09 Å². The molecule has 0 atom stereocenters. The van der Waals surface area contributed by atoms with Crippen molar-refractivity contribution in [1.82, 2.24) is 4.98 Å². The van der Waals surface area contributed by atoms with Crippen molar-refractivity contribution in [2.24, 2.45) is 0 Å². The van der Waals surface area contributed by atoms with Crippen LogP contribution in [0.25, 0.3) is 10.9 Å². The van der Waals surface area contributed by atoms with Gasteiger partial charge in [0.1, 0.15) is 0 Å². The highest BCUT2D eigenvalue weighted by atomic mass is 32.2. The number of carbonyl (C=O) groups is 1. The smallest absolute Gasteiger partial charge is 0.371 e. The number of furan rings is 1. The van der Waals surface area contributed by atoms with Gasteiger partial charge in [-0.05, 0) is 24.3 Å². The highest BCUT2D eigenvalue weighted by Gasteiger charge is 2.09. The minimum Gasteiger partial charge on any atom is -0.475 e. The SMILES string of the molecule is O=C(O)c1ccc(SCc2ccc3ccccc3n2)o1. The molecule has 0 saturated heterocycles. The van der Waals surface area contributed by atoms with Crippen molar-refractivity contribution in [2.75, 3.05) is 0 Å². The van der Waals surface area contributed by atoms with Crippen LogP contribution in [0.1, 0.15) is 16.2 Å². The van der Waals surface area contributed by atoms with Crippen LogP contribution in [-0.4, -0.2) is 16.1 Å². The van der Waals surface area contributed by atoms with Crippen molar-refractivity contribution < 1.29 is 14.3 Å². The third-order valence-electron chi connectivity index (χ3n) is 2.81. The molecule has 0 aliphatic heterocycles. The molecule has 0 aliphatic rings. The van der Waals surface area contributed by atoms with Crippen molar-refractivity contribution in [3.05, 3.63) is 60.0 Å². The first-order chi connectivity index (χ1) is 9.72. The molecule has 2 heterocycles. The Morgan fingerprint density at radius 3 is 2.80 bits per heavy atom. The first-order valence-electron chi connectivity index (χ1n) is 6.03. The van der Waals surface area contributed by atoms with Crippen molar-refractivity contribution in [1.29, 1.82) is 0 Å². The molecule has 2 aromatic heterocycles. The van der Waals surface area contributed by atoms with Gasteiger partial charge in [0.2, 0.25) is 5.76 Å². The van der Waals surface area contributed by atoms with E-state index in [1.807, 2.05) is 36.4 Å². The molecule has 0 amide bonds. The van der Waals surface area contributed by atoms with E-state index in [4.69, 9.17) is 9.52 Å². The van der Waals surface area contributed by atoms with Gasteiger partial charge in [-0.2, -0.15) is 0 Å². The number of aromatic carboxylic acids is 1. The lowest BCUT2D eigenvalue weighted by molar-refractivity contribution is 0.0656. The van der Waals surface area contributed by atoms with E-state index >= 15 is 0 Å².